The second-order valence-corrected chi connectivity index (χ2v) is 3.47. The number of allylic oxidation sites excluding steroid dienone is 1. The van der Waals surface area contributed by atoms with Gasteiger partial charge in [-0.05, 0) is 37.5 Å². The van der Waals surface area contributed by atoms with E-state index in [0.29, 0.717) is 5.75 Å². The van der Waals surface area contributed by atoms with Crippen LogP contribution in [0.15, 0.2) is 36.4 Å². The number of hydrogen-bond acceptors (Lipinski definition) is 1. The van der Waals surface area contributed by atoms with E-state index in [1.54, 1.807) is 12.1 Å². The summed E-state index contributed by atoms with van der Waals surface area (Å²) in [6.45, 7) is 0. The number of ether oxygens (including phenoxy) is 1. The van der Waals surface area contributed by atoms with Gasteiger partial charge in [-0.2, -0.15) is 0 Å². The van der Waals surface area contributed by atoms with E-state index >= 15 is 0 Å². The molecule has 74 valence electrons. The third kappa shape index (κ3) is 2.34. The molecule has 2 rings (SSSR count). The zero-order valence-electron chi connectivity index (χ0n) is 7.95. The zero-order chi connectivity index (χ0) is 9.80. The van der Waals surface area contributed by atoms with Crippen LogP contribution in [0.2, 0.25) is 0 Å². The molecule has 0 bridgehead atoms. The third-order valence-electron chi connectivity index (χ3n) is 2.29. The van der Waals surface area contributed by atoms with Gasteiger partial charge in [-0.15, -0.1) is 0 Å². The molecule has 1 aliphatic carbocycles. The fourth-order valence-corrected chi connectivity index (χ4v) is 1.59. The molecule has 0 radical (unpaired) electrons. The summed E-state index contributed by atoms with van der Waals surface area (Å²) in [6, 6.07) is 6.29. The lowest BCUT2D eigenvalue weighted by atomic mass is 10.1. The van der Waals surface area contributed by atoms with E-state index in [2.05, 4.69) is 12.2 Å². The molecule has 0 amide bonds. The van der Waals surface area contributed by atoms with Crippen molar-refractivity contribution in [1.29, 1.82) is 0 Å². The van der Waals surface area contributed by atoms with E-state index in [4.69, 9.17) is 4.74 Å². The van der Waals surface area contributed by atoms with Crippen molar-refractivity contribution in [2.45, 2.75) is 25.4 Å². The first kappa shape index (κ1) is 9.25. The summed E-state index contributed by atoms with van der Waals surface area (Å²) in [7, 11) is 0. The smallest absolute Gasteiger partial charge is 0.126 e. The highest BCUT2D eigenvalue weighted by molar-refractivity contribution is 5.23. The van der Waals surface area contributed by atoms with E-state index in [0.717, 1.165) is 19.3 Å². The van der Waals surface area contributed by atoms with Crippen molar-refractivity contribution in [3.05, 3.63) is 42.2 Å². The van der Waals surface area contributed by atoms with Crippen LogP contribution in [0.3, 0.4) is 0 Å². The normalized spacial score (nSPS) is 20.8. The summed E-state index contributed by atoms with van der Waals surface area (Å²) in [5, 5.41) is 0. The van der Waals surface area contributed by atoms with Crippen LogP contribution >= 0.6 is 0 Å². The molecule has 1 atom stereocenters. The molecule has 0 heterocycles. The molecular formula is C12H13FO. The highest BCUT2D eigenvalue weighted by Crippen LogP contribution is 2.19. The van der Waals surface area contributed by atoms with Crippen LogP contribution in [0.25, 0.3) is 0 Å². The lowest BCUT2D eigenvalue weighted by molar-refractivity contribution is 0.229. The molecule has 1 unspecified atom stereocenters. The number of halogens is 1. The largest absolute Gasteiger partial charge is 0.486 e. The lowest BCUT2D eigenvalue weighted by Gasteiger charge is -2.18. The van der Waals surface area contributed by atoms with Gasteiger partial charge in [0.1, 0.15) is 17.7 Å². The average molecular weight is 192 g/mol. The first-order valence-electron chi connectivity index (χ1n) is 4.93. The van der Waals surface area contributed by atoms with Crippen LogP contribution < -0.4 is 4.74 Å². The molecule has 14 heavy (non-hydrogen) atoms. The molecule has 0 aromatic heterocycles. The maximum absolute atomic E-state index is 12.8. The summed E-state index contributed by atoms with van der Waals surface area (Å²) in [5.74, 6) is 0.365. The molecule has 0 saturated heterocycles. The standard InChI is InChI=1S/C12H13FO/c13-10-5-4-8-12(9-10)14-11-6-2-1-3-7-11/h2,4-6,8-9,11H,1,3,7H2. The molecule has 0 fully saturated rings. The Morgan fingerprint density at radius 2 is 2.29 bits per heavy atom. The van der Waals surface area contributed by atoms with E-state index in [9.17, 15) is 4.39 Å². The van der Waals surface area contributed by atoms with Gasteiger partial charge in [0.05, 0.1) is 0 Å². The second kappa shape index (κ2) is 4.27. The molecular weight excluding hydrogens is 179 g/mol. The highest BCUT2D eigenvalue weighted by Gasteiger charge is 2.09. The molecule has 0 N–H and O–H groups in total. The van der Waals surface area contributed by atoms with Gasteiger partial charge < -0.3 is 4.74 Å². The zero-order valence-corrected chi connectivity index (χ0v) is 7.95. The highest BCUT2D eigenvalue weighted by atomic mass is 19.1. The van der Waals surface area contributed by atoms with Gasteiger partial charge in [0, 0.05) is 6.07 Å². The molecule has 0 aliphatic heterocycles. The first-order valence-corrected chi connectivity index (χ1v) is 4.93. The summed E-state index contributed by atoms with van der Waals surface area (Å²) in [5.41, 5.74) is 0. The quantitative estimate of drug-likeness (QED) is 0.653. The molecule has 0 spiro atoms. The van der Waals surface area contributed by atoms with Crippen LogP contribution in [0.5, 0.6) is 5.75 Å². The minimum atomic E-state index is -0.248. The fraction of sp³-hybridized carbons (Fsp3) is 0.333. The van der Waals surface area contributed by atoms with Crippen molar-refractivity contribution in [2.75, 3.05) is 0 Å². The van der Waals surface area contributed by atoms with E-state index in [1.807, 2.05) is 0 Å². The molecule has 1 aromatic rings. The third-order valence-corrected chi connectivity index (χ3v) is 2.29. The SMILES string of the molecule is Fc1cccc(OC2C=CCCC2)c1. The van der Waals surface area contributed by atoms with E-state index in [-0.39, 0.29) is 11.9 Å². The Morgan fingerprint density at radius 3 is 3.00 bits per heavy atom. The molecule has 2 heteroatoms. The average Bonchev–Trinajstić information content (AvgIpc) is 2.19. The Hall–Kier alpha value is -1.31. The van der Waals surface area contributed by atoms with Crippen molar-refractivity contribution >= 4 is 0 Å². The van der Waals surface area contributed by atoms with Crippen molar-refractivity contribution in [3.8, 4) is 5.75 Å². The van der Waals surface area contributed by atoms with Gasteiger partial charge in [-0.3, -0.25) is 0 Å². The van der Waals surface area contributed by atoms with Gasteiger partial charge in [0.15, 0.2) is 0 Å². The lowest BCUT2D eigenvalue weighted by Crippen LogP contribution is -2.15. The first-order chi connectivity index (χ1) is 6.84. The second-order valence-electron chi connectivity index (χ2n) is 3.47. The number of rotatable bonds is 2. The maximum atomic E-state index is 12.8. The summed E-state index contributed by atoms with van der Waals surface area (Å²) < 4.78 is 18.4. The summed E-state index contributed by atoms with van der Waals surface area (Å²) in [4.78, 5) is 0. The Balaban J connectivity index is 2.02. The Kier molecular flexibility index (Phi) is 2.82. The predicted octanol–water partition coefficient (Wildman–Crippen LogP) is 3.31. The number of hydrogen-bond donors (Lipinski definition) is 0. The molecule has 0 saturated carbocycles. The summed E-state index contributed by atoms with van der Waals surface area (Å²) in [6.07, 6.45) is 7.58. The molecule has 1 aromatic carbocycles. The Labute approximate surface area is 83.2 Å². The fourth-order valence-electron chi connectivity index (χ4n) is 1.59. The van der Waals surface area contributed by atoms with E-state index < -0.39 is 0 Å². The topological polar surface area (TPSA) is 9.23 Å². The van der Waals surface area contributed by atoms with Crippen molar-refractivity contribution in [3.63, 3.8) is 0 Å². The Morgan fingerprint density at radius 1 is 1.36 bits per heavy atom. The minimum absolute atomic E-state index is 0.116. The van der Waals surface area contributed by atoms with Crippen molar-refractivity contribution < 1.29 is 9.13 Å². The maximum Gasteiger partial charge on any atom is 0.126 e. The molecule has 1 aliphatic rings. The van der Waals surface area contributed by atoms with Crippen LogP contribution in [-0.2, 0) is 0 Å². The van der Waals surface area contributed by atoms with E-state index in [1.165, 1.54) is 12.1 Å². The van der Waals surface area contributed by atoms with Crippen LogP contribution in [0, 0.1) is 5.82 Å². The molecule has 1 nitrogen and oxygen atoms in total. The minimum Gasteiger partial charge on any atom is -0.486 e. The number of benzene rings is 1. The summed E-state index contributed by atoms with van der Waals surface area (Å²) >= 11 is 0. The van der Waals surface area contributed by atoms with Crippen LogP contribution in [0.4, 0.5) is 4.39 Å². The van der Waals surface area contributed by atoms with Gasteiger partial charge in [0.2, 0.25) is 0 Å². The van der Waals surface area contributed by atoms with Gasteiger partial charge >= 0.3 is 0 Å². The van der Waals surface area contributed by atoms with Gasteiger partial charge in [-0.1, -0.05) is 12.1 Å². The van der Waals surface area contributed by atoms with Crippen molar-refractivity contribution in [2.24, 2.45) is 0 Å². The predicted molar refractivity (Wildman–Crippen MR) is 53.8 cm³/mol. The van der Waals surface area contributed by atoms with Gasteiger partial charge in [-0.25, -0.2) is 4.39 Å². The van der Waals surface area contributed by atoms with Gasteiger partial charge in [0.25, 0.3) is 0 Å². The Bertz CT molecular complexity index is 333. The van der Waals surface area contributed by atoms with Crippen LogP contribution in [-0.4, -0.2) is 6.10 Å². The van der Waals surface area contributed by atoms with Crippen LogP contribution in [0.1, 0.15) is 19.3 Å². The monoisotopic (exact) mass is 192 g/mol. The van der Waals surface area contributed by atoms with Crippen molar-refractivity contribution in [1.82, 2.24) is 0 Å².